The molecule has 4 heteroatoms. The van der Waals surface area contributed by atoms with E-state index in [4.69, 9.17) is 18.0 Å². The zero-order valence-electron chi connectivity index (χ0n) is 9.83. The van der Waals surface area contributed by atoms with Gasteiger partial charge in [0, 0.05) is 29.3 Å². The average Bonchev–Trinajstić information content (AvgIpc) is 2.16. The lowest BCUT2D eigenvalue weighted by Gasteiger charge is -2.24. The summed E-state index contributed by atoms with van der Waals surface area (Å²) >= 11 is 8.50. The van der Waals surface area contributed by atoms with E-state index in [1.807, 2.05) is 18.2 Å². The van der Waals surface area contributed by atoms with Crippen LogP contribution >= 0.6 is 28.1 Å². The molecule has 0 heterocycles. The minimum atomic E-state index is 0.437. The highest BCUT2D eigenvalue weighted by atomic mass is 79.9. The molecular formula is C12H17BrN2S. The van der Waals surface area contributed by atoms with E-state index in [2.05, 4.69) is 41.7 Å². The van der Waals surface area contributed by atoms with Gasteiger partial charge in [-0.1, -0.05) is 42.0 Å². The zero-order valence-corrected chi connectivity index (χ0v) is 12.2. The highest BCUT2D eigenvalue weighted by Crippen LogP contribution is 2.24. The Kier molecular flexibility index (Phi) is 4.74. The van der Waals surface area contributed by atoms with Crippen LogP contribution in [0.2, 0.25) is 0 Å². The molecule has 0 spiro atoms. The Morgan fingerprint density at radius 3 is 2.62 bits per heavy atom. The average molecular weight is 301 g/mol. The van der Waals surface area contributed by atoms with Crippen LogP contribution in [0.1, 0.15) is 19.4 Å². The summed E-state index contributed by atoms with van der Waals surface area (Å²) in [7, 11) is 2.06. The highest BCUT2D eigenvalue weighted by molar-refractivity contribution is 9.10. The van der Waals surface area contributed by atoms with E-state index in [0.717, 1.165) is 22.3 Å². The number of benzene rings is 1. The molecule has 2 nitrogen and oxygen atoms in total. The van der Waals surface area contributed by atoms with E-state index < -0.39 is 0 Å². The first kappa shape index (κ1) is 13.5. The first-order valence-corrected chi connectivity index (χ1v) is 6.42. The number of anilines is 1. The van der Waals surface area contributed by atoms with Gasteiger partial charge in [-0.2, -0.15) is 0 Å². The highest BCUT2D eigenvalue weighted by Gasteiger charge is 2.11. The largest absolute Gasteiger partial charge is 0.389 e. The lowest BCUT2D eigenvalue weighted by Crippen LogP contribution is -2.25. The third-order valence-corrected chi connectivity index (χ3v) is 2.99. The molecule has 0 amide bonds. The molecule has 88 valence electrons. The maximum Gasteiger partial charge on any atom is 0.106 e. The summed E-state index contributed by atoms with van der Waals surface area (Å²) in [6, 6.07) is 6.02. The van der Waals surface area contributed by atoms with Gasteiger partial charge in [-0.3, -0.25) is 0 Å². The SMILES string of the molecule is CC(C)CN(C)c1ccc(Br)cc1C(N)=S. The summed E-state index contributed by atoms with van der Waals surface area (Å²) < 4.78 is 0.997. The van der Waals surface area contributed by atoms with Gasteiger partial charge in [-0.15, -0.1) is 0 Å². The number of hydrogen-bond acceptors (Lipinski definition) is 2. The van der Waals surface area contributed by atoms with Gasteiger partial charge >= 0.3 is 0 Å². The fourth-order valence-electron chi connectivity index (χ4n) is 1.68. The molecule has 1 rings (SSSR count). The lowest BCUT2D eigenvalue weighted by molar-refractivity contribution is 0.638. The Labute approximate surface area is 111 Å². The Balaban J connectivity index is 3.07. The number of thiocarbonyl (C=S) groups is 1. The minimum Gasteiger partial charge on any atom is -0.389 e. The first-order valence-electron chi connectivity index (χ1n) is 5.22. The maximum absolute atomic E-state index is 5.74. The molecule has 0 fully saturated rings. The molecular weight excluding hydrogens is 284 g/mol. The van der Waals surface area contributed by atoms with E-state index in [-0.39, 0.29) is 0 Å². The predicted octanol–water partition coefficient (Wildman–Crippen LogP) is 3.18. The van der Waals surface area contributed by atoms with Crippen molar-refractivity contribution in [2.24, 2.45) is 11.7 Å². The van der Waals surface area contributed by atoms with Gasteiger partial charge < -0.3 is 10.6 Å². The second-order valence-corrected chi connectivity index (χ2v) is 5.66. The topological polar surface area (TPSA) is 29.3 Å². The lowest BCUT2D eigenvalue weighted by atomic mass is 10.1. The smallest absolute Gasteiger partial charge is 0.106 e. The Morgan fingerprint density at radius 1 is 1.50 bits per heavy atom. The van der Waals surface area contributed by atoms with Crippen molar-refractivity contribution in [3.8, 4) is 0 Å². The van der Waals surface area contributed by atoms with Gasteiger partial charge in [0.05, 0.1) is 0 Å². The van der Waals surface area contributed by atoms with E-state index >= 15 is 0 Å². The zero-order chi connectivity index (χ0) is 12.3. The molecule has 0 saturated carbocycles. The third-order valence-electron chi connectivity index (χ3n) is 2.27. The van der Waals surface area contributed by atoms with Gasteiger partial charge in [-0.25, -0.2) is 0 Å². The number of rotatable bonds is 4. The first-order chi connectivity index (χ1) is 7.41. The predicted molar refractivity (Wildman–Crippen MR) is 78.1 cm³/mol. The van der Waals surface area contributed by atoms with Crippen molar-refractivity contribution in [1.29, 1.82) is 0 Å². The molecule has 16 heavy (non-hydrogen) atoms. The van der Waals surface area contributed by atoms with Crippen molar-refractivity contribution in [3.05, 3.63) is 28.2 Å². The summed E-state index contributed by atoms with van der Waals surface area (Å²) in [5.41, 5.74) is 7.75. The van der Waals surface area contributed by atoms with Crippen molar-refractivity contribution < 1.29 is 0 Å². The fraction of sp³-hybridized carbons (Fsp3) is 0.417. The van der Waals surface area contributed by atoms with E-state index in [0.29, 0.717) is 10.9 Å². The Bertz CT molecular complexity index is 391. The molecule has 0 aliphatic carbocycles. The normalized spacial score (nSPS) is 10.6. The standard InChI is InChI=1S/C12H17BrN2S/c1-8(2)7-15(3)11-5-4-9(13)6-10(11)12(14)16/h4-6,8H,7H2,1-3H3,(H2,14,16). The molecule has 0 unspecified atom stereocenters. The quantitative estimate of drug-likeness (QED) is 0.866. The van der Waals surface area contributed by atoms with E-state index in [1.165, 1.54) is 0 Å². The Hall–Kier alpha value is -0.610. The molecule has 0 aliphatic rings. The van der Waals surface area contributed by atoms with Crippen molar-refractivity contribution in [2.75, 3.05) is 18.5 Å². The van der Waals surface area contributed by atoms with Crippen LogP contribution in [0.15, 0.2) is 22.7 Å². The third kappa shape index (κ3) is 3.46. The second-order valence-electron chi connectivity index (χ2n) is 4.30. The number of halogens is 1. The van der Waals surface area contributed by atoms with Crippen LogP contribution in [0, 0.1) is 5.92 Å². The molecule has 0 aromatic heterocycles. The van der Waals surface area contributed by atoms with Crippen molar-refractivity contribution in [2.45, 2.75) is 13.8 Å². The molecule has 0 saturated heterocycles. The molecule has 0 radical (unpaired) electrons. The summed E-state index contributed by atoms with van der Waals surface area (Å²) in [5, 5.41) is 0. The van der Waals surface area contributed by atoms with Crippen molar-refractivity contribution in [1.82, 2.24) is 0 Å². The van der Waals surface area contributed by atoms with Gasteiger partial charge in [0.15, 0.2) is 0 Å². The van der Waals surface area contributed by atoms with E-state index in [9.17, 15) is 0 Å². The molecule has 0 aliphatic heterocycles. The van der Waals surface area contributed by atoms with Crippen LogP contribution in [0.3, 0.4) is 0 Å². The van der Waals surface area contributed by atoms with Gasteiger partial charge in [0.2, 0.25) is 0 Å². The molecule has 1 aromatic rings. The Morgan fingerprint density at radius 2 is 2.12 bits per heavy atom. The summed E-state index contributed by atoms with van der Waals surface area (Å²) in [5.74, 6) is 0.604. The van der Waals surface area contributed by atoms with Crippen LogP contribution in [-0.4, -0.2) is 18.6 Å². The van der Waals surface area contributed by atoms with Crippen LogP contribution in [-0.2, 0) is 0 Å². The van der Waals surface area contributed by atoms with Gasteiger partial charge in [0.1, 0.15) is 4.99 Å². The van der Waals surface area contributed by atoms with Crippen LogP contribution in [0.25, 0.3) is 0 Å². The summed E-state index contributed by atoms with van der Waals surface area (Å²) in [4.78, 5) is 2.62. The van der Waals surface area contributed by atoms with Crippen LogP contribution < -0.4 is 10.6 Å². The van der Waals surface area contributed by atoms with E-state index in [1.54, 1.807) is 0 Å². The number of hydrogen-bond donors (Lipinski definition) is 1. The molecule has 2 N–H and O–H groups in total. The van der Waals surface area contributed by atoms with Crippen LogP contribution in [0.5, 0.6) is 0 Å². The van der Waals surface area contributed by atoms with Gasteiger partial charge in [-0.05, 0) is 24.1 Å². The number of nitrogens with two attached hydrogens (primary N) is 1. The van der Waals surface area contributed by atoms with Crippen LogP contribution in [0.4, 0.5) is 5.69 Å². The molecule has 0 atom stereocenters. The summed E-state index contributed by atoms with van der Waals surface area (Å²) in [6.45, 7) is 5.36. The fourth-order valence-corrected chi connectivity index (χ4v) is 2.21. The van der Waals surface area contributed by atoms with Crippen molar-refractivity contribution in [3.63, 3.8) is 0 Å². The molecule has 1 aromatic carbocycles. The monoisotopic (exact) mass is 300 g/mol. The second kappa shape index (κ2) is 5.64. The summed E-state index contributed by atoms with van der Waals surface area (Å²) in [6.07, 6.45) is 0. The van der Waals surface area contributed by atoms with Crippen molar-refractivity contribution >= 4 is 38.8 Å². The maximum atomic E-state index is 5.74. The number of nitrogens with zero attached hydrogens (tertiary/aromatic N) is 1. The minimum absolute atomic E-state index is 0.437. The molecule has 0 bridgehead atoms. The van der Waals surface area contributed by atoms with Gasteiger partial charge in [0.25, 0.3) is 0 Å².